The highest BCUT2D eigenvalue weighted by Crippen LogP contribution is 2.38. The molecule has 0 radical (unpaired) electrons. The molecule has 0 fully saturated rings. The van der Waals surface area contributed by atoms with Crippen LogP contribution in [0.25, 0.3) is 0 Å². The van der Waals surface area contributed by atoms with Crippen molar-refractivity contribution in [2.45, 2.75) is 6.42 Å². The molecular formula is C21H24N2O7. The van der Waals surface area contributed by atoms with Gasteiger partial charge in [-0.2, -0.15) is 0 Å². The largest absolute Gasteiger partial charge is 0.493 e. The lowest BCUT2D eigenvalue weighted by Gasteiger charge is -2.14. The lowest BCUT2D eigenvalue weighted by molar-refractivity contribution is -0.146. The van der Waals surface area contributed by atoms with Crippen molar-refractivity contribution < 1.29 is 33.3 Å². The molecule has 0 saturated carbocycles. The smallest absolute Gasteiger partial charge is 0.310 e. The summed E-state index contributed by atoms with van der Waals surface area (Å²) in [5, 5.41) is 5.10. The van der Waals surface area contributed by atoms with Crippen LogP contribution in [-0.2, 0) is 20.7 Å². The first-order valence-corrected chi connectivity index (χ1v) is 8.98. The molecule has 9 nitrogen and oxygen atoms in total. The average Bonchev–Trinajstić information content (AvgIpc) is 2.76. The fourth-order valence-electron chi connectivity index (χ4n) is 2.65. The van der Waals surface area contributed by atoms with Crippen LogP contribution in [0.2, 0.25) is 0 Å². The summed E-state index contributed by atoms with van der Waals surface area (Å²) in [4.78, 5) is 35.6. The van der Waals surface area contributed by atoms with E-state index < -0.39 is 18.5 Å². The highest BCUT2D eigenvalue weighted by Gasteiger charge is 2.16. The minimum Gasteiger partial charge on any atom is -0.493 e. The molecule has 2 rings (SSSR count). The van der Waals surface area contributed by atoms with Crippen LogP contribution < -0.4 is 24.8 Å². The van der Waals surface area contributed by atoms with Gasteiger partial charge in [-0.25, -0.2) is 0 Å². The van der Waals surface area contributed by atoms with E-state index in [0.29, 0.717) is 34.1 Å². The van der Waals surface area contributed by atoms with Crippen LogP contribution in [0.3, 0.4) is 0 Å². The third-order valence-corrected chi connectivity index (χ3v) is 4.10. The zero-order valence-corrected chi connectivity index (χ0v) is 17.2. The van der Waals surface area contributed by atoms with E-state index >= 15 is 0 Å². The van der Waals surface area contributed by atoms with Gasteiger partial charge in [-0.3, -0.25) is 14.4 Å². The number of hydrogen-bond acceptors (Lipinski definition) is 7. The van der Waals surface area contributed by atoms with Crippen molar-refractivity contribution in [3.8, 4) is 17.2 Å². The molecule has 0 aromatic heterocycles. The Hall–Kier alpha value is -3.75. The topological polar surface area (TPSA) is 112 Å². The van der Waals surface area contributed by atoms with Gasteiger partial charge in [-0.05, 0) is 42.0 Å². The fourth-order valence-corrected chi connectivity index (χ4v) is 2.65. The third kappa shape index (κ3) is 5.87. The first-order chi connectivity index (χ1) is 14.4. The molecule has 9 heteroatoms. The summed E-state index contributed by atoms with van der Waals surface area (Å²) in [7, 11) is 5.97. The number of carbonyl (C=O) groups excluding carboxylic acids is 3. The van der Waals surface area contributed by atoms with E-state index in [1.54, 1.807) is 36.4 Å². The maximum Gasteiger partial charge on any atom is 0.310 e. The Bertz CT molecular complexity index is 885. The molecule has 2 aromatic rings. The minimum absolute atomic E-state index is 0.0786. The molecule has 0 aliphatic carbocycles. The fraction of sp³-hybridized carbons (Fsp3) is 0.286. The van der Waals surface area contributed by atoms with Crippen LogP contribution in [0.15, 0.2) is 36.4 Å². The van der Waals surface area contributed by atoms with Gasteiger partial charge in [0.25, 0.3) is 11.8 Å². The minimum atomic E-state index is -0.589. The summed E-state index contributed by atoms with van der Waals surface area (Å²) in [5.74, 6) is -0.0713. The average molecular weight is 416 g/mol. The monoisotopic (exact) mass is 416 g/mol. The van der Waals surface area contributed by atoms with Crippen LogP contribution in [-0.4, -0.2) is 52.8 Å². The Labute approximate surface area is 174 Å². The number of benzene rings is 2. The zero-order valence-electron chi connectivity index (χ0n) is 17.2. The molecule has 0 aliphatic heterocycles. The first-order valence-electron chi connectivity index (χ1n) is 8.98. The van der Waals surface area contributed by atoms with Gasteiger partial charge in [0.1, 0.15) is 0 Å². The molecule has 2 amide bonds. The van der Waals surface area contributed by atoms with Crippen LogP contribution in [0.1, 0.15) is 15.9 Å². The van der Waals surface area contributed by atoms with E-state index in [9.17, 15) is 14.4 Å². The second-order valence-corrected chi connectivity index (χ2v) is 6.08. The molecule has 0 atom stereocenters. The Kier molecular flexibility index (Phi) is 8.04. The third-order valence-electron chi connectivity index (χ3n) is 4.10. The number of esters is 1. The molecule has 0 spiro atoms. The van der Waals surface area contributed by atoms with Crippen LogP contribution in [0.4, 0.5) is 5.69 Å². The first kappa shape index (κ1) is 22.5. The Morgan fingerprint density at radius 1 is 0.900 bits per heavy atom. The lowest BCUT2D eigenvalue weighted by atomic mass is 10.1. The SMILES string of the molecule is CNC(=O)c1ccc(NC(=O)COC(=O)Cc2cc(OC)c(OC)c(OC)c2)cc1. The molecule has 160 valence electrons. The van der Waals surface area contributed by atoms with E-state index in [1.165, 1.54) is 28.4 Å². The number of rotatable bonds is 9. The maximum absolute atomic E-state index is 12.1. The van der Waals surface area contributed by atoms with E-state index in [2.05, 4.69) is 10.6 Å². The molecule has 0 aliphatic rings. The van der Waals surface area contributed by atoms with Crippen LogP contribution in [0, 0.1) is 0 Å². The quantitative estimate of drug-likeness (QED) is 0.600. The van der Waals surface area contributed by atoms with Gasteiger partial charge >= 0.3 is 5.97 Å². The van der Waals surface area contributed by atoms with Gasteiger partial charge in [-0.1, -0.05) is 0 Å². The molecule has 2 N–H and O–H groups in total. The zero-order chi connectivity index (χ0) is 22.1. The lowest BCUT2D eigenvalue weighted by Crippen LogP contribution is -2.22. The Morgan fingerprint density at radius 3 is 2.00 bits per heavy atom. The predicted molar refractivity (Wildman–Crippen MR) is 109 cm³/mol. The number of ether oxygens (including phenoxy) is 4. The number of amides is 2. The van der Waals surface area contributed by atoms with Crippen molar-refractivity contribution in [2.75, 3.05) is 40.3 Å². The van der Waals surface area contributed by atoms with Gasteiger partial charge in [0, 0.05) is 18.3 Å². The summed E-state index contributed by atoms with van der Waals surface area (Å²) in [6.45, 7) is -0.444. The molecule has 0 unspecified atom stereocenters. The summed E-state index contributed by atoms with van der Waals surface area (Å²) in [5.41, 5.74) is 1.53. The van der Waals surface area contributed by atoms with Crippen molar-refractivity contribution in [1.29, 1.82) is 0 Å². The van der Waals surface area contributed by atoms with Crippen molar-refractivity contribution in [3.05, 3.63) is 47.5 Å². The molecule has 0 bridgehead atoms. The van der Waals surface area contributed by atoms with Crippen molar-refractivity contribution in [1.82, 2.24) is 5.32 Å². The van der Waals surface area contributed by atoms with Gasteiger partial charge < -0.3 is 29.6 Å². The standard InChI is InChI=1S/C21H24N2O7/c1-22-21(26)14-5-7-15(8-6-14)23-18(24)12-30-19(25)11-13-9-16(27-2)20(29-4)17(10-13)28-3/h5-10H,11-12H2,1-4H3,(H,22,26)(H,23,24). The highest BCUT2D eigenvalue weighted by molar-refractivity contribution is 5.96. The van der Waals surface area contributed by atoms with Gasteiger partial charge in [0.15, 0.2) is 18.1 Å². The predicted octanol–water partition coefficient (Wildman–Crippen LogP) is 1.80. The number of methoxy groups -OCH3 is 3. The number of hydrogen-bond donors (Lipinski definition) is 2. The molecule has 0 heterocycles. The summed E-state index contributed by atoms with van der Waals surface area (Å²) in [6.07, 6.45) is -0.0786. The Morgan fingerprint density at radius 2 is 1.50 bits per heavy atom. The van der Waals surface area contributed by atoms with E-state index in [4.69, 9.17) is 18.9 Å². The highest BCUT2D eigenvalue weighted by atomic mass is 16.5. The summed E-state index contributed by atoms with van der Waals surface area (Å²) in [6, 6.07) is 9.59. The Balaban J connectivity index is 1.91. The normalized spacial score (nSPS) is 10.0. The van der Waals surface area contributed by atoms with Crippen LogP contribution >= 0.6 is 0 Å². The summed E-state index contributed by atoms with van der Waals surface area (Å²) >= 11 is 0. The van der Waals surface area contributed by atoms with E-state index in [0.717, 1.165) is 0 Å². The van der Waals surface area contributed by atoms with Crippen molar-refractivity contribution >= 4 is 23.5 Å². The second-order valence-electron chi connectivity index (χ2n) is 6.08. The molecule has 0 saturated heterocycles. The van der Waals surface area contributed by atoms with Crippen molar-refractivity contribution in [3.63, 3.8) is 0 Å². The second kappa shape index (κ2) is 10.7. The molecule has 2 aromatic carbocycles. The van der Waals surface area contributed by atoms with Gasteiger partial charge in [0.2, 0.25) is 5.75 Å². The number of anilines is 1. The molecular weight excluding hydrogens is 392 g/mol. The van der Waals surface area contributed by atoms with Gasteiger partial charge in [-0.15, -0.1) is 0 Å². The number of nitrogens with one attached hydrogen (secondary N) is 2. The summed E-state index contributed by atoms with van der Waals surface area (Å²) < 4.78 is 20.8. The van der Waals surface area contributed by atoms with Crippen LogP contribution in [0.5, 0.6) is 17.2 Å². The molecule has 30 heavy (non-hydrogen) atoms. The van der Waals surface area contributed by atoms with Gasteiger partial charge in [0.05, 0.1) is 27.8 Å². The maximum atomic E-state index is 12.1. The van der Waals surface area contributed by atoms with Crippen molar-refractivity contribution in [2.24, 2.45) is 0 Å². The van der Waals surface area contributed by atoms with E-state index in [1.807, 2.05) is 0 Å². The van der Waals surface area contributed by atoms with E-state index in [-0.39, 0.29) is 12.3 Å². The number of carbonyl (C=O) groups is 3.